The normalized spacial score (nSPS) is 13.2. The van der Waals surface area contributed by atoms with Crippen molar-refractivity contribution in [3.63, 3.8) is 0 Å². The third-order valence-electron chi connectivity index (χ3n) is 2.57. The SMILES string of the molecule is C=C(Br)CNCC(CNC(=O)OC(C)(C)C)C(C)C. The molecular formula is C14H27BrN2O2. The lowest BCUT2D eigenvalue weighted by Crippen LogP contribution is -2.39. The van der Waals surface area contributed by atoms with Gasteiger partial charge in [0.05, 0.1) is 0 Å². The molecule has 0 rings (SSSR count). The predicted octanol–water partition coefficient (Wildman–Crippen LogP) is 3.28. The van der Waals surface area contributed by atoms with Crippen molar-refractivity contribution in [1.82, 2.24) is 10.6 Å². The number of halogens is 1. The van der Waals surface area contributed by atoms with E-state index in [0.29, 0.717) is 18.4 Å². The van der Waals surface area contributed by atoms with Crippen molar-refractivity contribution in [3.05, 3.63) is 11.1 Å². The lowest BCUT2D eigenvalue weighted by Gasteiger charge is -2.24. The quantitative estimate of drug-likeness (QED) is 0.751. The van der Waals surface area contributed by atoms with E-state index < -0.39 is 5.60 Å². The third-order valence-corrected chi connectivity index (χ3v) is 2.85. The number of rotatable bonds is 7. The van der Waals surface area contributed by atoms with Crippen molar-refractivity contribution >= 4 is 22.0 Å². The third kappa shape index (κ3) is 11.0. The second kappa shape index (κ2) is 8.59. The van der Waals surface area contributed by atoms with E-state index in [0.717, 1.165) is 17.6 Å². The Hall–Kier alpha value is -0.550. The topological polar surface area (TPSA) is 50.4 Å². The average Bonchev–Trinajstić information content (AvgIpc) is 2.19. The van der Waals surface area contributed by atoms with Gasteiger partial charge in [0.1, 0.15) is 5.60 Å². The summed E-state index contributed by atoms with van der Waals surface area (Å²) in [6, 6.07) is 0. The largest absolute Gasteiger partial charge is 0.444 e. The highest BCUT2D eigenvalue weighted by Gasteiger charge is 2.18. The summed E-state index contributed by atoms with van der Waals surface area (Å²) in [5.41, 5.74) is -0.455. The van der Waals surface area contributed by atoms with Gasteiger partial charge >= 0.3 is 6.09 Å². The fraction of sp³-hybridized carbons (Fsp3) is 0.786. The molecule has 0 saturated carbocycles. The number of carbonyl (C=O) groups is 1. The highest BCUT2D eigenvalue weighted by Crippen LogP contribution is 2.10. The first kappa shape index (κ1) is 18.4. The van der Waals surface area contributed by atoms with Crippen molar-refractivity contribution in [2.24, 2.45) is 11.8 Å². The van der Waals surface area contributed by atoms with Gasteiger partial charge in [-0.25, -0.2) is 4.79 Å². The van der Waals surface area contributed by atoms with Crippen molar-refractivity contribution in [1.29, 1.82) is 0 Å². The molecule has 4 nitrogen and oxygen atoms in total. The lowest BCUT2D eigenvalue weighted by atomic mass is 9.96. The Morgan fingerprint density at radius 3 is 2.32 bits per heavy atom. The Labute approximate surface area is 125 Å². The van der Waals surface area contributed by atoms with Crippen molar-refractivity contribution in [3.8, 4) is 0 Å². The second-order valence-corrected chi connectivity index (χ2v) is 7.16. The standard InChI is InChI=1S/C14H27BrN2O2/c1-10(2)12(8-16-7-11(3)15)9-17-13(18)19-14(4,5)6/h10,12,16H,3,7-9H2,1-2,4-6H3,(H,17,18). The van der Waals surface area contributed by atoms with E-state index in [4.69, 9.17) is 4.74 Å². The summed E-state index contributed by atoms with van der Waals surface area (Å²) in [4.78, 5) is 11.6. The Morgan fingerprint density at radius 1 is 1.32 bits per heavy atom. The fourth-order valence-corrected chi connectivity index (χ4v) is 1.66. The number of ether oxygens (including phenoxy) is 1. The number of hydrogen-bond acceptors (Lipinski definition) is 3. The number of nitrogens with one attached hydrogen (secondary N) is 2. The van der Waals surface area contributed by atoms with E-state index in [1.165, 1.54) is 0 Å². The van der Waals surface area contributed by atoms with Crippen LogP contribution in [0.5, 0.6) is 0 Å². The Kier molecular flexibility index (Phi) is 8.34. The molecule has 5 heteroatoms. The van der Waals surface area contributed by atoms with Gasteiger partial charge in [0.2, 0.25) is 0 Å². The Bertz CT molecular complexity index is 298. The average molecular weight is 335 g/mol. The molecule has 0 aliphatic carbocycles. The van der Waals surface area contributed by atoms with Crippen molar-refractivity contribution in [2.75, 3.05) is 19.6 Å². The molecular weight excluding hydrogens is 308 g/mol. The van der Waals surface area contributed by atoms with E-state index >= 15 is 0 Å². The molecule has 0 aromatic heterocycles. The molecule has 0 spiro atoms. The first-order chi connectivity index (χ1) is 8.61. The number of hydrogen-bond donors (Lipinski definition) is 2. The monoisotopic (exact) mass is 334 g/mol. The molecule has 0 radical (unpaired) electrons. The zero-order valence-corrected chi connectivity index (χ0v) is 14.3. The van der Waals surface area contributed by atoms with E-state index in [9.17, 15) is 4.79 Å². The van der Waals surface area contributed by atoms with Gasteiger partial charge in [-0.2, -0.15) is 0 Å². The highest BCUT2D eigenvalue weighted by molar-refractivity contribution is 9.11. The van der Waals surface area contributed by atoms with Gasteiger partial charge in [0.15, 0.2) is 0 Å². The summed E-state index contributed by atoms with van der Waals surface area (Å²) in [5.74, 6) is 0.838. The van der Waals surface area contributed by atoms with Crippen LogP contribution in [-0.4, -0.2) is 31.3 Å². The zero-order chi connectivity index (χ0) is 15.1. The van der Waals surface area contributed by atoms with Gasteiger partial charge < -0.3 is 15.4 Å². The zero-order valence-electron chi connectivity index (χ0n) is 12.7. The lowest BCUT2D eigenvalue weighted by molar-refractivity contribution is 0.0515. The van der Waals surface area contributed by atoms with Crippen LogP contribution < -0.4 is 10.6 Å². The fourth-order valence-electron chi connectivity index (χ4n) is 1.47. The molecule has 0 bridgehead atoms. The Morgan fingerprint density at radius 2 is 1.89 bits per heavy atom. The second-order valence-electron chi connectivity index (χ2n) is 6.04. The van der Waals surface area contributed by atoms with Gasteiger partial charge in [0, 0.05) is 24.1 Å². The first-order valence-electron chi connectivity index (χ1n) is 6.62. The maximum atomic E-state index is 11.6. The van der Waals surface area contributed by atoms with Crippen LogP contribution in [-0.2, 0) is 4.74 Å². The minimum absolute atomic E-state index is 0.358. The molecule has 1 atom stereocenters. The predicted molar refractivity (Wildman–Crippen MR) is 83.5 cm³/mol. The summed E-state index contributed by atoms with van der Waals surface area (Å²) in [6.07, 6.45) is -0.358. The van der Waals surface area contributed by atoms with Crippen LogP contribution in [0.15, 0.2) is 11.1 Å². The smallest absolute Gasteiger partial charge is 0.407 e. The first-order valence-corrected chi connectivity index (χ1v) is 7.42. The van der Waals surface area contributed by atoms with Crippen LogP contribution in [0.25, 0.3) is 0 Å². The van der Waals surface area contributed by atoms with Gasteiger partial charge in [-0.1, -0.05) is 36.4 Å². The summed E-state index contributed by atoms with van der Waals surface area (Å²) in [5, 5.41) is 6.12. The van der Waals surface area contributed by atoms with Crippen LogP contribution in [0, 0.1) is 11.8 Å². The minimum atomic E-state index is -0.455. The molecule has 112 valence electrons. The van der Waals surface area contributed by atoms with E-state index in [1.807, 2.05) is 20.8 Å². The molecule has 19 heavy (non-hydrogen) atoms. The molecule has 2 N–H and O–H groups in total. The molecule has 0 aliphatic rings. The maximum Gasteiger partial charge on any atom is 0.407 e. The van der Waals surface area contributed by atoms with E-state index in [1.54, 1.807) is 0 Å². The maximum absolute atomic E-state index is 11.6. The van der Waals surface area contributed by atoms with Crippen LogP contribution in [0.2, 0.25) is 0 Å². The number of carbonyl (C=O) groups excluding carboxylic acids is 1. The van der Waals surface area contributed by atoms with Crippen molar-refractivity contribution in [2.45, 2.75) is 40.2 Å². The molecule has 0 fully saturated rings. The summed E-state index contributed by atoms with van der Waals surface area (Å²) in [6.45, 7) is 15.8. The van der Waals surface area contributed by atoms with E-state index in [-0.39, 0.29) is 6.09 Å². The number of amides is 1. The van der Waals surface area contributed by atoms with Crippen molar-refractivity contribution < 1.29 is 9.53 Å². The summed E-state index contributed by atoms with van der Waals surface area (Å²) >= 11 is 3.31. The summed E-state index contributed by atoms with van der Waals surface area (Å²) < 4.78 is 6.14. The molecule has 0 saturated heterocycles. The molecule has 0 heterocycles. The highest BCUT2D eigenvalue weighted by atomic mass is 79.9. The molecule has 1 amide bonds. The molecule has 0 aliphatic heterocycles. The summed E-state index contributed by atoms with van der Waals surface area (Å²) in [7, 11) is 0. The molecule has 0 aromatic carbocycles. The number of alkyl carbamates (subject to hydrolysis) is 1. The molecule has 0 aromatic rings. The van der Waals surface area contributed by atoms with Gasteiger partial charge in [-0.05, 0) is 32.6 Å². The van der Waals surface area contributed by atoms with Gasteiger partial charge in [0.25, 0.3) is 0 Å². The Balaban J connectivity index is 4.07. The van der Waals surface area contributed by atoms with Crippen LogP contribution >= 0.6 is 15.9 Å². The minimum Gasteiger partial charge on any atom is -0.444 e. The molecule has 1 unspecified atom stereocenters. The van der Waals surface area contributed by atoms with Gasteiger partial charge in [-0.3, -0.25) is 0 Å². The van der Waals surface area contributed by atoms with Crippen LogP contribution in [0.3, 0.4) is 0 Å². The van der Waals surface area contributed by atoms with E-state index in [2.05, 4.69) is 47.0 Å². The van der Waals surface area contributed by atoms with Crippen LogP contribution in [0.1, 0.15) is 34.6 Å². The van der Waals surface area contributed by atoms with Gasteiger partial charge in [-0.15, -0.1) is 0 Å². The van der Waals surface area contributed by atoms with Crippen LogP contribution in [0.4, 0.5) is 4.79 Å².